The van der Waals surface area contributed by atoms with E-state index in [1.807, 2.05) is 32.0 Å². The highest BCUT2D eigenvalue weighted by atomic mass is 35.5. The Hall–Kier alpha value is -1.75. The van der Waals surface area contributed by atoms with Gasteiger partial charge in [0, 0.05) is 10.4 Å². The number of carbonyl (C=O) groups is 2. The number of hydrogen-bond acceptors (Lipinski definition) is 3. The molecular weight excluding hydrogens is 388 g/mol. The molecular formula is C23H31ClN2O3. The maximum Gasteiger partial charge on any atom is 0.239 e. The summed E-state index contributed by atoms with van der Waals surface area (Å²) in [4.78, 5) is 25.4. The molecule has 1 aromatic carbocycles. The van der Waals surface area contributed by atoms with Gasteiger partial charge in [-0.25, -0.2) is 0 Å². The average Bonchev–Trinajstić information content (AvgIpc) is 2.64. The quantitative estimate of drug-likeness (QED) is 0.689. The third-order valence-electron chi connectivity index (χ3n) is 7.11. The number of benzene rings is 1. The summed E-state index contributed by atoms with van der Waals surface area (Å²) in [5, 5.41) is 5.89. The van der Waals surface area contributed by atoms with E-state index >= 15 is 0 Å². The lowest BCUT2D eigenvalue weighted by molar-refractivity contribution is -0.145. The summed E-state index contributed by atoms with van der Waals surface area (Å²) >= 11 is 6.83. The van der Waals surface area contributed by atoms with E-state index in [-0.39, 0.29) is 34.7 Å². The maximum absolute atomic E-state index is 13.1. The fourth-order valence-corrected chi connectivity index (χ4v) is 7.02. The summed E-state index contributed by atoms with van der Waals surface area (Å²) in [6, 6.07) is 5.69. The first-order chi connectivity index (χ1) is 13.7. The summed E-state index contributed by atoms with van der Waals surface area (Å²) in [6.07, 6.45) is 5.87. The van der Waals surface area contributed by atoms with Crippen molar-refractivity contribution in [3.8, 4) is 5.75 Å². The van der Waals surface area contributed by atoms with Crippen LogP contribution in [-0.4, -0.2) is 30.3 Å². The van der Waals surface area contributed by atoms with Gasteiger partial charge in [0.2, 0.25) is 11.8 Å². The van der Waals surface area contributed by atoms with Gasteiger partial charge in [-0.1, -0.05) is 17.7 Å². The number of hydrogen-bond donors (Lipinski definition) is 2. The van der Waals surface area contributed by atoms with Gasteiger partial charge in [-0.2, -0.15) is 0 Å². The van der Waals surface area contributed by atoms with Crippen LogP contribution >= 0.6 is 11.6 Å². The molecule has 2 N–H and O–H groups in total. The van der Waals surface area contributed by atoms with Crippen LogP contribution in [-0.2, 0) is 9.59 Å². The number of methoxy groups -OCH3 is 1. The molecule has 4 aliphatic rings. The molecule has 0 heterocycles. The molecule has 6 heteroatoms. The number of halogens is 1. The Morgan fingerprint density at radius 3 is 2.55 bits per heavy atom. The van der Waals surface area contributed by atoms with Gasteiger partial charge < -0.3 is 15.4 Å². The van der Waals surface area contributed by atoms with E-state index in [2.05, 4.69) is 10.6 Å². The van der Waals surface area contributed by atoms with E-state index < -0.39 is 0 Å². The van der Waals surface area contributed by atoms with Crippen LogP contribution in [0.4, 0.5) is 0 Å². The molecule has 29 heavy (non-hydrogen) atoms. The molecule has 4 saturated carbocycles. The second-order valence-electron chi connectivity index (χ2n) is 9.61. The van der Waals surface area contributed by atoms with Gasteiger partial charge in [-0.3, -0.25) is 9.59 Å². The van der Waals surface area contributed by atoms with Crippen molar-refractivity contribution in [2.75, 3.05) is 13.7 Å². The Kier molecular flexibility index (Phi) is 5.30. The zero-order valence-corrected chi connectivity index (χ0v) is 18.3. The highest BCUT2D eigenvalue weighted by molar-refractivity contribution is 6.24. The minimum Gasteiger partial charge on any atom is -0.496 e. The molecule has 2 unspecified atom stereocenters. The van der Waals surface area contributed by atoms with Crippen molar-refractivity contribution >= 4 is 23.4 Å². The molecule has 4 bridgehead atoms. The topological polar surface area (TPSA) is 67.4 Å². The van der Waals surface area contributed by atoms with E-state index in [0.717, 1.165) is 49.0 Å². The summed E-state index contributed by atoms with van der Waals surface area (Å²) in [5.74, 6) is 1.67. The van der Waals surface area contributed by atoms with Gasteiger partial charge in [-0.05, 0) is 70.3 Å². The minimum absolute atomic E-state index is 0.00700. The van der Waals surface area contributed by atoms with Crippen molar-refractivity contribution < 1.29 is 14.3 Å². The Labute approximate surface area is 177 Å². The zero-order chi connectivity index (χ0) is 20.8. The average molecular weight is 419 g/mol. The van der Waals surface area contributed by atoms with E-state index in [1.54, 1.807) is 7.11 Å². The number of alkyl halides is 1. The van der Waals surface area contributed by atoms with Crippen LogP contribution in [0.1, 0.15) is 62.6 Å². The highest BCUT2D eigenvalue weighted by Gasteiger charge is 2.60. The fourth-order valence-electron chi connectivity index (χ4n) is 6.33. The first-order valence-corrected chi connectivity index (χ1v) is 11.0. The van der Waals surface area contributed by atoms with Crippen molar-refractivity contribution in [3.63, 3.8) is 0 Å². The van der Waals surface area contributed by atoms with Gasteiger partial charge in [0.05, 0.1) is 25.1 Å². The van der Waals surface area contributed by atoms with E-state index in [9.17, 15) is 9.59 Å². The van der Waals surface area contributed by atoms with Gasteiger partial charge >= 0.3 is 0 Å². The molecule has 158 valence electrons. The van der Waals surface area contributed by atoms with Crippen molar-refractivity contribution in [3.05, 3.63) is 29.3 Å². The lowest BCUT2D eigenvalue weighted by Crippen LogP contribution is -2.59. The van der Waals surface area contributed by atoms with E-state index in [0.29, 0.717) is 11.8 Å². The SMILES string of the molecule is COc1ccc(C)cc1[C@@H](C)NC(=O)CNC(=O)C12C[C@@H]3C[C@@H](CC(Cl)(C3)C1)C2. The number of ether oxygens (including phenoxy) is 1. The second-order valence-corrected chi connectivity index (χ2v) is 10.4. The van der Waals surface area contributed by atoms with Gasteiger partial charge in [0.1, 0.15) is 5.75 Å². The molecule has 5 atom stereocenters. The standard InChI is InChI=1S/C23H31ClN2O3/c1-14-4-5-19(29-3)18(6-14)15(2)26-20(27)12-25-21(28)22-8-16-7-17(9-22)11-23(24,10-16)13-22/h4-6,15-17H,7-13H2,1-3H3,(H,25,28)(H,26,27)/t15-,16-,17+,22?,23?/m1/s1. The van der Waals surface area contributed by atoms with Crippen LogP contribution in [0.15, 0.2) is 18.2 Å². The van der Waals surface area contributed by atoms with Gasteiger partial charge in [0.15, 0.2) is 0 Å². The first-order valence-electron chi connectivity index (χ1n) is 10.6. The Bertz CT molecular complexity index is 810. The van der Waals surface area contributed by atoms with Gasteiger partial charge in [0.25, 0.3) is 0 Å². The van der Waals surface area contributed by atoms with Crippen LogP contribution in [0, 0.1) is 24.2 Å². The predicted molar refractivity (Wildman–Crippen MR) is 113 cm³/mol. The lowest BCUT2D eigenvalue weighted by atomic mass is 9.49. The molecule has 5 rings (SSSR count). The Morgan fingerprint density at radius 2 is 1.93 bits per heavy atom. The number of aryl methyl sites for hydroxylation is 1. The molecule has 1 aromatic rings. The minimum atomic E-state index is -0.377. The van der Waals surface area contributed by atoms with E-state index in [1.165, 1.54) is 6.42 Å². The number of nitrogens with one attached hydrogen (secondary N) is 2. The summed E-state index contributed by atoms with van der Waals surface area (Å²) in [5.41, 5.74) is 1.65. The summed E-state index contributed by atoms with van der Waals surface area (Å²) < 4.78 is 5.41. The van der Waals surface area contributed by atoms with Crippen LogP contribution < -0.4 is 15.4 Å². The lowest BCUT2D eigenvalue weighted by Gasteiger charge is -2.59. The number of rotatable bonds is 6. The highest BCUT2D eigenvalue weighted by Crippen LogP contribution is 2.63. The fraction of sp³-hybridized carbons (Fsp3) is 0.652. The van der Waals surface area contributed by atoms with E-state index in [4.69, 9.17) is 16.3 Å². The monoisotopic (exact) mass is 418 g/mol. The molecule has 4 aliphatic carbocycles. The first kappa shape index (κ1) is 20.5. The molecule has 0 spiro atoms. The Balaban J connectivity index is 1.35. The van der Waals surface area contributed by atoms with Crippen LogP contribution in [0.2, 0.25) is 0 Å². The third kappa shape index (κ3) is 3.98. The molecule has 4 fully saturated rings. The van der Waals surface area contributed by atoms with Crippen LogP contribution in [0.25, 0.3) is 0 Å². The molecule has 0 radical (unpaired) electrons. The molecule has 0 aliphatic heterocycles. The zero-order valence-electron chi connectivity index (χ0n) is 17.5. The van der Waals surface area contributed by atoms with Crippen molar-refractivity contribution in [2.24, 2.45) is 17.3 Å². The largest absolute Gasteiger partial charge is 0.496 e. The molecule has 0 aromatic heterocycles. The predicted octanol–water partition coefficient (Wildman–Crippen LogP) is 3.87. The van der Waals surface area contributed by atoms with Crippen LogP contribution in [0.5, 0.6) is 5.75 Å². The smallest absolute Gasteiger partial charge is 0.239 e. The number of amides is 2. The summed E-state index contributed by atoms with van der Waals surface area (Å²) in [6.45, 7) is 3.92. The molecule has 0 saturated heterocycles. The Morgan fingerprint density at radius 1 is 1.24 bits per heavy atom. The van der Waals surface area contributed by atoms with Gasteiger partial charge in [-0.15, -0.1) is 11.6 Å². The third-order valence-corrected chi connectivity index (χ3v) is 7.55. The number of carbonyl (C=O) groups excluding carboxylic acids is 2. The molecule has 5 nitrogen and oxygen atoms in total. The second kappa shape index (κ2) is 7.50. The maximum atomic E-state index is 13.1. The van der Waals surface area contributed by atoms with Crippen molar-refractivity contribution in [2.45, 2.75) is 63.3 Å². The van der Waals surface area contributed by atoms with Crippen LogP contribution in [0.3, 0.4) is 0 Å². The van der Waals surface area contributed by atoms with Crippen molar-refractivity contribution in [1.82, 2.24) is 10.6 Å². The summed E-state index contributed by atoms with van der Waals surface area (Å²) in [7, 11) is 1.62. The van der Waals surface area contributed by atoms with Crippen molar-refractivity contribution in [1.29, 1.82) is 0 Å². The normalized spacial score (nSPS) is 33.2. The molecule has 2 amide bonds.